The Labute approximate surface area is 209 Å². The highest BCUT2D eigenvalue weighted by Crippen LogP contribution is 2.34. The van der Waals surface area contributed by atoms with Gasteiger partial charge in [-0.2, -0.15) is 13.2 Å². The number of alkyl halides is 3. The smallest absolute Gasteiger partial charge is 0.361 e. The highest BCUT2D eigenvalue weighted by atomic mass is 32.2. The fraction of sp³-hybridized carbons (Fsp3) is 0.280. The first kappa shape index (κ1) is 26.5. The monoisotopic (exact) mass is 539 g/mol. The summed E-state index contributed by atoms with van der Waals surface area (Å²) in [6.45, 7) is 0. The Morgan fingerprint density at radius 1 is 1.11 bits per heavy atom. The molecule has 1 heterocycles. The summed E-state index contributed by atoms with van der Waals surface area (Å²) in [6.07, 6.45) is -0.0196. The molecule has 0 saturated heterocycles. The van der Waals surface area contributed by atoms with Crippen LogP contribution >= 0.6 is 0 Å². The lowest BCUT2D eigenvalue weighted by Gasteiger charge is -2.25. The van der Waals surface area contributed by atoms with Gasteiger partial charge in [0.2, 0.25) is 0 Å². The van der Waals surface area contributed by atoms with Crippen LogP contribution in [0.1, 0.15) is 41.7 Å². The first-order valence-corrected chi connectivity index (χ1v) is 13.1. The fourth-order valence-corrected chi connectivity index (χ4v) is 4.80. The molecule has 1 atom stereocenters. The highest BCUT2D eigenvalue weighted by Gasteiger charge is 2.33. The first-order chi connectivity index (χ1) is 17.3. The van der Waals surface area contributed by atoms with E-state index in [1.807, 2.05) is 0 Å². The number of sulfone groups is 1. The third kappa shape index (κ3) is 6.24. The molecule has 1 aliphatic carbocycles. The lowest BCUT2D eigenvalue weighted by molar-refractivity contribution is -0.140. The summed E-state index contributed by atoms with van der Waals surface area (Å²) < 4.78 is 91.3. The maximum atomic E-state index is 14.4. The number of carbonyl (C=O) groups is 1. The number of rotatable bonds is 5. The van der Waals surface area contributed by atoms with Crippen molar-refractivity contribution in [1.82, 2.24) is 10.3 Å². The number of aromatic nitrogens is 1. The van der Waals surface area contributed by atoms with E-state index < -0.39 is 39.2 Å². The molecule has 3 aromatic rings. The van der Waals surface area contributed by atoms with E-state index in [4.69, 9.17) is 0 Å². The van der Waals surface area contributed by atoms with Crippen molar-refractivity contribution in [3.63, 3.8) is 0 Å². The van der Waals surface area contributed by atoms with E-state index >= 15 is 0 Å². The van der Waals surface area contributed by atoms with Crippen molar-refractivity contribution in [3.05, 3.63) is 77.1 Å². The molecule has 2 N–H and O–H groups in total. The minimum Gasteiger partial charge on any atom is -0.361 e. The topological polar surface area (TPSA) is 88.2 Å². The van der Waals surface area contributed by atoms with Crippen LogP contribution in [0.15, 0.2) is 59.1 Å². The number of carbonyl (C=O) groups excluding carboxylic acids is 1. The molecule has 0 aliphatic heterocycles. The van der Waals surface area contributed by atoms with Crippen molar-refractivity contribution in [3.8, 4) is 0 Å². The lowest BCUT2D eigenvalue weighted by atomic mass is 9.91. The van der Waals surface area contributed by atoms with Crippen LogP contribution in [0.5, 0.6) is 0 Å². The number of nitrogens with one attached hydrogen (secondary N) is 2. The number of hydrogen-bond acceptors (Lipinski definition) is 5. The SMILES string of the molecule is CS(=O)(=O)c1ccc(C(=O)NC2CCC/C(=C\Nc3cc(C(F)(F)F)nc4ccc(F)cc34)C2)c(F)c1. The maximum Gasteiger partial charge on any atom is 0.433 e. The van der Waals surface area contributed by atoms with Crippen LogP contribution in [0.25, 0.3) is 10.9 Å². The first-order valence-electron chi connectivity index (χ1n) is 11.2. The molecule has 0 radical (unpaired) electrons. The van der Waals surface area contributed by atoms with Crippen molar-refractivity contribution in [1.29, 1.82) is 0 Å². The van der Waals surface area contributed by atoms with Crippen molar-refractivity contribution < 1.29 is 35.2 Å². The van der Waals surface area contributed by atoms with Crippen LogP contribution in [0, 0.1) is 11.6 Å². The molecular weight excluding hydrogens is 517 g/mol. The van der Waals surface area contributed by atoms with E-state index in [0.29, 0.717) is 25.7 Å². The number of pyridine rings is 1. The minimum atomic E-state index is -4.69. The van der Waals surface area contributed by atoms with Gasteiger partial charge in [-0.1, -0.05) is 5.57 Å². The van der Waals surface area contributed by atoms with E-state index in [2.05, 4.69) is 15.6 Å². The second-order valence-corrected chi connectivity index (χ2v) is 10.9. The van der Waals surface area contributed by atoms with E-state index in [0.717, 1.165) is 48.2 Å². The van der Waals surface area contributed by atoms with Gasteiger partial charge in [-0.3, -0.25) is 4.79 Å². The van der Waals surface area contributed by atoms with E-state index in [9.17, 15) is 35.2 Å². The normalized spacial score (nSPS) is 17.7. The average molecular weight is 540 g/mol. The molecule has 1 fully saturated rings. The van der Waals surface area contributed by atoms with Gasteiger partial charge in [0.25, 0.3) is 5.91 Å². The molecule has 2 aromatic carbocycles. The predicted octanol–water partition coefficient (Wildman–Crippen LogP) is 5.60. The lowest BCUT2D eigenvalue weighted by Crippen LogP contribution is -2.37. The Hall–Kier alpha value is -3.54. The second-order valence-electron chi connectivity index (χ2n) is 8.84. The molecule has 1 unspecified atom stereocenters. The summed E-state index contributed by atoms with van der Waals surface area (Å²) in [6, 6.07) is 6.78. The summed E-state index contributed by atoms with van der Waals surface area (Å²) in [7, 11) is -3.63. The zero-order valence-electron chi connectivity index (χ0n) is 19.5. The van der Waals surface area contributed by atoms with Gasteiger partial charge < -0.3 is 10.6 Å². The van der Waals surface area contributed by atoms with Crippen molar-refractivity contribution in [2.24, 2.45) is 0 Å². The van der Waals surface area contributed by atoms with Crippen LogP contribution < -0.4 is 10.6 Å². The van der Waals surface area contributed by atoms with Gasteiger partial charge in [-0.25, -0.2) is 22.2 Å². The molecule has 37 heavy (non-hydrogen) atoms. The Balaban J connectivity index is 1.51. The molecule has 0 spiro atoms. The van der Waals surface area contributed by atoms with E-state index in [-0.39, 0.29) is 33.1 Å². The summed E-state index contributed by atoms with van der Waals surface area (Å²) in [4.78, 5) is 15.9. The van der Waals surface area contributed by atoms with Gasteiger partial charge in [0.1, 0.15) is 17.3 Å². The maximum absolute atomic E-state index is 14.4. The van der Waals surface area contributed by atoms with Gasteiger partial charge in [0, 0.05) is 29.6 Å². The van der Waals surface area contributed by atoms with Gasteiger partial charge in [0.05, 0.1) is 16.0 Å². The molecule has 12 heteroatoms. The van der Waals surface area contributed by atoms with E-state index in [1.165, 1.54) is 12.3 Å². The quantitative estimate of drug-likeness (QED) is 0.412. The number of benzene rings is 2. The van der Waals surface area contributed by atoms with Gasteiger partial charge in [-0.15, -0.1) is 0 Å². The molecule has 4 rings (SSSR count). The summed E-state index contributed by atoms with van der Waals surface area (Å²) in [5, 5.41) is 5.74. The molecule has 1 aliphatic rings. The third-order valence-electron chi connectivity index (χ3n) is 6.00. The number of fused-ring (bicyclic) bond motifs is 1. The minimum absolute atomic E-state index is 0.0187. The predicted molar refractivity (Wildman–Crippen MR) is 128 cm³/mol. The molecule has 196 valence electrons. The number of hydrogen-bond donors (Lipinski definition) is 2. The number of halogens is 5. The Morgan fingerprint density at radius 3 is 2.54 bits per heavy atom. The van der Waals surface area contributed by atoms with Crippen molar-refractivity contribution >= 4 is 32.3 Å². The molecule has 1 saturated carbocycles. The fourth-order valence-electron chi connectivity index (χ4n) is 4.17. The number of nitrogens with zero attached hydrogens (tertiary/aromatic N) is 1. The Bertz CT molecular complexity index is 1500. The zero-order valence-corrected chi connectivity index (χ0v) is 20.3. The zero-order chi connectivity index (χ0) is 27.0. The van der Waals surface area contributed by atoms with Crippen LogP contribution in [-0.4, -0.2) is 31.6 Å². The molecule has 1 amide bonds. The number of amides is 1. The number of anilines is 1. The molecule has 0 bridgehead atoms. The van der Waals surface area contributed by atoms with Gasteiger partial charge >= 0.3 is 6.18 Å². The Kier molecular flexibility index (Phi) is 7.22. The second kappa shape index (κ2) is 10.1. The largest absolute Gasteiger partial charge is 0.433 e. The van der Waals surface area contributed by atoms with Crippen LogP contribution in [0.2, 0.25) is 0 Å². The summed E-state index contributed by atoms with van der Waals surface area (Å²) in [5.41, 5.74) is -0.616. The molecular formula is C25H22F5N3O3S. The van der Waals surface area contributed by atoms with Crippen LogP contribution in [0.3, 0.4) is 0 Å². The van der Waals surface area contributed by atoms with Gasteiger partial charge in [0.15, 0.2) is 9.84 Å². The van der Waals surface area contributed by atoms with Crippen molar-refractivity contribution in [2.75, 3.05) is 11.6 Å². The Morgan fingerprint density at radius 2 is 1.86 bits per heavy atom. The molecule has 1 aromatic heterocycles. The van der Waals surface area contributed by atoms with Gasteiger partial charge in [-0.05, 0) is 68.1 Å². The van der Waals surface area contributed by atoms with Crippen LogP contribution in [-0.2, 0) is 16.0 Å². The third-order valence-corrected chi connectivity index (χ3v) is 7.11. The highest BCUT2D eigenvalue weighted by molar-refractivity contribution is 7.90. The summed E-state index contributed by atoms with van der Waals surface area (Å²) in [5.74, 6) is -2.30. The van der Waals surface area contributed by atoms with Crippen LogP contribution in [0.4, 0.5) is 27.6 Å². The standard InChI is InChI=1S/C25H22F5N3O3S/c1-37(35,36)17-6-7-18(20(27)11-17)24(34)32-16-4-2-3-14(9-16)13-31-22-12-23(25(28,29)30)33-21-8-5-15(26)10-19(21)22/h5-8,10-13,16H,2-4,9H2,1H3,(H,31,33)(H,32,34)/b14-13+. The summed E-state index contributed by atoms with van der Waals surface area (Å²) >= 11 is 0. The van der Waals surface area contributed by atoms with Crippen molar-refractivity contribution in [2.45, 2.75) is 42.8 Å². The molecule has 6 nitrogen and oxygen atoms in total. The van der Waals surface area contributed by atoms with E-state index in [1.54, 1.807) is 0 Å². The average Bonchev–Trinajstić information content (AvgIpc) is 2.81.